The Balaban J connectivity index is 0.985. The summed E-state index contributed by atoms with van der Waals surface area (Å²) >= 11 is 0. The van der Waals surface area contributed by atoms with Gasteiger partial charge in [0.1, 0.15) is 0 Å². The van der Waals surface area contributed by atoms with E-state index in [1.807, 2.05) is 0 Å². The van der Waals surface area contributed by atoms with Gasteiger partial charge in [-0.2, -0.15) is 0 Å². The molecule has 0 spiro atoms. The Bertz CT molecular complexity index is 3220. The van der Waals surface area contributed by atoms with E-state index in [-0.39, 0.29) is 10.8 Å². The monoisotopic (exact) mass is 882 g/mol. The summed E-state index contributed by atoms with van der Waals surface area (Å²) in [5, 5.41) is 2.45. The van der Waals surface area contributed by atoms with Gasteiger partial charge in [0.2, 0.25) is 0 Å². The summed E-state index contributed by atoms with van der Waals surface area (Å²) < 4.78 is 0. The highest BCUT2D eigenvalue weighted by molar-refractivity contribution is 5.99. The van der Waals surface area contributed by atoms with Crippen LogP contribution in [0, 0.1) is 0 Å². The number of hydrogen-bond acceptors (Lipinski definition) is 2. The van der Waals surface area contributed by atoms with Gasteiger partial charge >= 0.3 is 0 Å². The minimum absolute atomic E-state index is 0.0923. The predicted octanol–water partition coefficient (Wildman–Crippen LogP) is 18.4. The van der Waals surface area contributed by atoms with Crippen molar-refractivity contribution in [2.24, 2.45) is 0 Å². The quantitative estimate of drug-likeness (QED) is 0.0891. The zero-order valence-corrected chi connectivity index (χ0v) is 40.5. The van der Waals surface area contributed by atoms with Crippen LogP contribution in [0.1, 0.15) is 89.5 Å². The van der Waals surface area contributed by atoms with E-state index in [0.29, 0.717) is 0 Å². The SMILES string of the molecule is C/C=C/C/C(C)=C\C=C(/C)c1ccc(N(c2ccc3c(c2)C(C)(C)c2cc(N(C4=CCC(C)(c5ccc(-c6ccccc6)cc5)C=C4)C4=CC=CCC4)ccc2-3)c2cccc3ccccc23)cc1. The Hall–Kier alpha value is -7.42. The Morgan fingerprint density at radius 2 is 1.31 bits per heavy atom. The van der Waals surface area contributed by atoms with Crippen molar-refractivity contribution in [3.8, 4) is 22.3 Å². The second-order valence-corrected chi connectivity index (χ2v) is 19.6. The first-order valence-electron chi connectivity index (χ1n) is 24.5. The van der Waals surface area contributed by atoms with E-state index in [9.17, 15) is 0 Å². The third kappa shape index (κ3) is 8.57. The van der Waals surface area contributed by atoms with Crippen LogP contribution in [-0.2, 0) is 10.8 Å². The molecule has 10 rings (SSSR count). The average molecular weight is 883 g/mol. The predicted molar refractivity (Wildman–Crippen MR) is 293 cm³/mol. The number of rotatable bonds is 12. The number of fused-ring (bicyclic) bond motifs is 4. The van der Waals surface area contributed by atoms with Crippen molar-refractivity contribution in [2.75, 3.05) is 9.80 Å². The standard InChI is InChI=1S/C66H62N2/c1-7-8-18-47(2)27-28-48(3)49-31-35-55(36-32-49)68(64-26-17-22-52-21-15-16-25-59(52)64)58-38-40-61-60-39-37-57(45-62(60)65(4,5)63(61)46-58)67(54-23-13-10-14-24-54)56-41-43-66(6,44-42-56)53-33-29-51(30-34-53)50-19-11-9-12-20-50/h7-13,15-17,19-23,25-43,45-46H,14,18,24,44H2,1-6H3/b8-7+,47-27-,48-28+. The lowest BCUT2D eigenvalue weighted by molar-refractivity contribution is 0.594. The van der Waals surface area contributed by atoms with Crippen LogP contribution in [0.2, 0.25) is 0 Å². The second-order valence-electron chi connectivity index (χ2n) is 19.6. The highest BCUT2D eigenvalue weighted by Gasteiger charge is 2.37. The molecule has 0 heterocycles. The second kappa shape index (κ2) is 18.7. The maximum atomic E-state index is 2.52. The van der Waals surface area contributed by atoms with E-state index in [2.05, 4.69) is 270 Å². The summed E-state index contributed by atoms with van der Waals surface area (Å²) in [6, 6.07) is 58.7. The Kier molecular flexibility index (Phi) is 12.2. The van der Waals surface area contributed by atoms with Gasteiger partial charge in [-0.3, -0.25) is 0 Å². The molecule has 1 unspecified atom stereocenters. The number of hydrogen-bond donors (Lipinski definition) is 0. The third-order valence-electron chi connectivity index (χ3n) is 14.6. The van der Waals surface area contributed by atoms with Crippen LogP contribution in [-0.4, -0.2) is 0 Å². The highest BCUT2D eigenvalue weighted by Crippen LogP contribution is 2.53. The van der Waals surface area contributed by atoms with Gasteiger partial charge in [0, 0.05) is 44.7 Å². The van der Waals surface area contributed by atoms with Gasteiger partial charge in [0.15, 0.2) is 0 Å². The van der Waals surface area contributed by atoms with Crippen molar-refractivity contribution in [1.29, 1.82) is 0 Å². The summed E-state index contributed by atoms with van der Waals surface area (Å²) in [4.78, 5) is 4.97. The van der Waals surface area contributed by atoms with Gasteiger partial charge in [0.25, 0.3) is 0 Å². The van der Waals surface area contributed by atoms with E-state index in [0.717, 1.165) is 37.1 Å². The van der Waals surface area contributed by atoms with Crippen molar-refractivity contribution in [3.63, 3.8) is 0 Å². The Morgan fingerprint density at radius 3 is 1.99 bits per heavy atom. The summed E-state index contributed by atoms with van der Waals surface area (Å²) in [5.41, 5.74) is 19.9. The molecule has 0 amide bonds. The van der Waals surface area contributed by atoms with Gasteiger partial charge < -0.3 is 9.80 Å². The first-order chi connectivity index (χ1) is 33.1. The Labute approximate surface area is 405 Å². The zero-order chi connectivity index (χ0) is 46.8. The molecule has 0 saturated heterocycles. The van der Waals surface area contributed by atoms with E-state index in [4.69, 9.17) is 0 Å². The molecule has 2 heteroatoms. The molecule has 3 aliphatic carbocycles. The fourth-order valence-corrected chi connectivity index (χ4v) is 10.5. The van der Waals surface area contributed by atoms with Crippen LogP contribution in [0.15, 0.2) is 235 Å². The first-order valence-corrected chi connectivity index (χ1v) is 24.5. The van der Waals surface area contributed by atoms with Crippen LogP contribution in [0.4, 0.5) is 22.7 Å². The van der Waals surface area contributed by atoms with Crippen molar-refractivity contribution in [2.45, 2.75) is 78.1 Å². The van der Waals surface area contributed by atoms with Gasteiger partial charge in [0.05, 0.1) is 5.69 Å². The fourth-order valence-electron chi connectivity index (χ4n) is 10.5. The van der Waals surface area contributed by atoms with E-state index < -0.39 is 0 Å². The lowest BCUT2D eigenvalue weighted by Crippen LogP contribution is -2.27. The largest absolute Gasteiger partial charge is 0.315 e. The molecule has 1 atom stereocenters. The summed E-state index contributed by atoms with van der Waals surface area (Å²) in [7, 11) is 0. The molecule has 0 aliphatic heterocycles. The molecule has 0 N–H and O–H groups in total. The number of nitrogens with zero attached hydrogens (tertiary/aromatic N) is 2. The molecular formula is C66H62N2. The average Bonchev–Trinajstić information content (AvgIpc) is 3.61. The maximum Gasteiger partial charge on any atom is 0.0540 e. The summed E-state index contributed by atoms with van der Waals surface area (Å²) in [6.07, 6.45) is 26.8. The van der Waals surface area contributed by atoms with Crippen molar-refractivity contribution < 1.29 is 0 Å². The molecular weight excluding hydrogens is 821 g/mol. The topological polar surface area (TPSA) is 6.48 Å². The molecule has 0 fully saturated rings. The zero-order valence-electron chi connectivity index (χ0n) is 40.5. The molecule has 0 aromatic heterocycles. The minimum atomic E-state index is -0.237. The van der Waals surface area contributed by atoms with Crippen molar-refractivity contribution in [1.82, 2.24) is 0 Å². The minimum Gasteiger partial charge on any atom is -0.315 e. The maximum absolute atomic E-state index is 2.52. The lowest BCUT2D eigenvalue weighted by atomic mass is 9.76. The van der Waals surface area contributed by atoms with Gasteiger partial charge in [-0.15, -0.1) is 0 Å². The van der Waals surface area contributed by atoms with Crippen molar-refractivity contribution >= 4 is 39.1 Å². The highest BCUT2D eigenvalue weighted by atomic mass is 15.2. The van der Waals surface area contributed by atoms with E-state index in [1.165, 1.54) is 89.2 Å². The van der Waals surface area contributed by atoms with Crippen LogP contribution in [0.5, 0.6) is 0 Å². The van der Waals surface area contributed by atoms with Crippen LogP contribution < -0.4 is 9.80 Å². The first kappa shape index (κ1) is 44.4. The third-order valence-corrected chi connectivity index (χ3v) is 14.6. The number of anilines is 4. The molecule has 2 nitrogen and oxygen atoms in total. The van der Waals surface area contributed by atoms with Crippen LogP contribution in [0.3, 0.4) is 0 Å². The Morgan fingerprint density at radius 1 is 0.647 bits per heavy atom. The van der Waals surface area contributed by atoms with Crippen molar-refractivity contribution in [3.05, 3.63) is 258 Å². The summed E-state index contributed by atoms with van der Waals surface area (Å²) in [6.45, 7) is 13.7. The van der Waals surface area contributed by atoms with Gasteiger partial charge in [-0.05, 0) is 157 Å². The molecule has 0 bridgehead atoms. The number of allylic oxidation sites excluding steroid dienone is 13. The van der Waals surface area contributed by atoms with Crippen LogP contribution >= 0.6 is 0 Å². The molecule has 7 aromatic carbocycles. The number of benzene rings is 7. The molecule has 68 heavy (non-hydrogen) atoms. The molecule has 7 aromatic rings. The van der Waals surface area contributed by atoms with Gasteiger partial charge in [-0.1, -0.05) is 190 Å². The van der Waals surface area contributed by atoms with E-state index >= 15 is 0 Å². The van der Waals surface area contributed by atoms with E-state index in [1.54, 1.807) is 0 Å². The molecule has 0 saturated carbocycles. The normalized spacial score (nSPS) is 17.5. The molecule has 3 aliphatic rings. The van der Waals surface area contributed by atoms with Crippen LogP contribution in [0.25, 0.3) is 38.6 Å². The van der Waals surface area contributed by atoms with Gasteiger partial charge in [-0.25, -0.2) is 0 Å². The molecule has 0 radical (unpaired) electrons. The smallest absolute Gasteiger partial charge is 0.0540 e. The lowest BCUT2D eigenvalue weighted by Gasteiger charge is -2.35. The molecule has 336 valence electrons. The summed E-state index contributed by atoms with van der Waals surface area (Å²) in [5.74, 6) is 0. The fraction of sp³-hybridized carbons (Fsp3) is 0.182.